The van der Waals surface area contributed by atoms with Crippen LogP contribution in [0.4, 0.5) is 5.82 Å². The van der Waals surface area contributed by atoms with Gasteiger partial charge in [0.15, 0.2) is 0 Å². The highest BCUT2D eigenvalue weighted by Gasteiger charge is 2.18. The van der Waals surface area contributed by atoms with E-state index in [1.54, 1.807) is 6.07 Å². The molecule has 0 aliphatic carbocycles. The van der Waals surface area contributed by atoms with E-state index in [1.165, 1.54) is 6.33 Å². The highest BCUT2D eigenvalue weighted by molar-refractivity contribution is 5.77. The van der Waals surface area contributed by atoms with Crippen molar-refractivity contribution in [2.24, 2.45) is 0 Å². The number of nitrogens with zero attached hydrogens (tertiary/aromatic N) is 2. The average molecular weight is 285 g/mol. The lowest BCUT2D eigenvalue weighted by Gasteiger charge is -2.16. The fourth-order valence-electron chi connectivity index (χ4n) is 2.00. The highest BCUT2D eigenvalue weighted by atomic mass is 16.4. The maximum Gasteiger partial charge on any atom is 0.326 e. The summed E-state index contributed by atoms with van der Waals surface area (Å²) in [5, 5.41) is 12.3. The van der Waals surface area contributed by atoms with Gasteiger partial charge in [-0.3, -0.25) is 0 Å². The zero-order valence-electron chi connectivity index (χ0n) is 12.2. The van der Waals surface area contributed by atoms with Crippen molar-refractivity contribution in [2.45, 2.75) is 32.2 Å². The van der Waals surface area contributed by atoms with Gasteiger partial charge in [0, 0.05) is 18.2 Å². The van der Waals surface area contributed by atoms with E-state index < -0.39 is 12.0 Å². The molecular formula is C16H19N3O2. The molecule has 0 saturated carbocycles. The molecule has 0 aliphatic heterocycles. The molecule has 0 fully saturated rings. The van der Waals surface area contributed by atoms with Crippen LogP contribution >= 0.6 is 0 Å². The monoisotopic (exact) mass is 285 g/mol. The third-order valence-electron chi connectivity index (χ3n) is 3.18. The number of rotatable bonds is 6. The molecule has 0 bridgehead atoms. The number of benzene rings is 1. The first-order valence-corrected chi connectivity index (χ1v) is 6.91. The lowest BCUT2D eigenvalue weighted by Crippen LogP contribution is -2.32. The molecule has 110 valence electrons. The van der Waals surface area contributed by atoms with Gasteiger partial charge in [-0.25, -0.2) is 14.8 Å². The van der Waals surface area contributed by atoms with Gasteiger partial charge >= 0.3 is 5.97 Å². The van der Waals surface area contributed by atoms with E-state index in [4.69, 9.17) is 0 Å². The number of aliphatic carboxylic acids is 1. The largest absolute Gasteiger partial charge is 0.480 e. The Morgan fingerprint density at radius 3 is 2.57 bits per heavy atom. The van der Waals surface area contributed by atoms with Crippen molar-refractivity contribution in [1.82, 2.24) is 9.97 Å². The summed E-state index contributed by atoms with van der Waals surface area (Å²) in [6.07, 6.45) is 1.86. The molecule has 1 heterocycles. The summed E-state index contributed by atoms with van der Waals surface area (Å²) in [6.45, 7) is 4.07. The molecule has 2 aromatic rings. The number of aromatic nitrogens is 2. The van der Waals surface area contributed by atoms with Crippen LogP contribution in [0, 0.1) is 0 Å². The van der Waals surface area contributed by atoms with Gasteiger partial charge in [-0.1, -0.05) is 44.2 Å². The van der Waals surface area contributed by atoms with Crippen LogP contribution in [0.2, 0.25) is 0 Å². The van der Waals surface area contributed by atoms with Crippen LogP contribution in [0.5, 0.6) is 0 Å². The Morgan fingerprint density at radius 1 is 1.24 bits per heavy atom. The summed E-state index contributed by atoms with van der Waals surface area (Å²) in [5.41, 5.74) is 1.85. The summed E-state index contributed by atoms with van der Waals surface area (Å²) >= 11 is 0. The fourth-order valence-corrected chi connectivity index (χ4v) is 2.00. The molecule has 2 N–H and O–H groups in total. The molecule has 0 amide bonds. The minimum absolute atomic E-state index is 0.269. The van der Waals surface area contributed by atoms with E-state index >= 15 is 0 Å². The number of anilines is 1. The van der Waals surface area contributed by atoms with Crippen LogP contribution in [-0.4, -0.2) is 27.1 Å². The second-order valence-electron chi connectivity index (χ2n) is 5.21. The quantitative estimate of drug-likeness (QED) is 0.853. The molecule has 0 unspecified atom stereocenters. The molecule has 0 aliphatic rings. The number of nitrogens with one attached hydrogen (secondary N) is 1. The Bertz CT molecular complexity index is 599. The van der Waals surface area contributed by atoms with Crippen molar-refractivity contribution < 1.29 is 9.90 Å². The van der Waals surface area contributed by atoms with Crippen molar-refractivity contribution >= 4 is 11.8 Å². The normalized spacial score (nSPS) is 12.1. The van der Waals surface area contributed by atoms with Crippen LogP contribution < -0.4 is 5.32 Å². The van der Waals surface area contributed by atoms with E-state index in [1.807, 2.05) is 44.2 Å². The molecule has 0 radical (unpaired) electrons. The standard InChI is InChI=1S/C16H19N3O2/c1-11(2)13-9-15(18-10-17-13)19-14(16(20)21)8-12-6-4-3-5-7-12/h3-7,9-11,14H,8H2,1-2H3,(H,20,21)(H,17,18,19)/t14-/m0/s1. The fraction of sp³-hybridized carbons (Fsp3) is 0.312. The number of carboxylic acids is 1. The number of hydrogen-bond donors (Lipinski definition) is 2. The zero-order valence-corrected chi connectivity index (χ0v) is 12.2. The van der Waals surface area contributed by atoms with E-state index in [9.17, 15) is 9.90 Å². The van der Waals surface area contributed by atoms with Gasteiger partial charge in [0.2, 0.25) is 0 Å². The summed E-state index contributed by atoms with van der Waals surface area (Å²) in [4.78, 5) is 19.7. The minimum atomic E-state index is -0.899. The van der Waals surface area contributed by atoms with Crippen molar-refractivity contribution in [3.05, 3.63) is 54.0 Å². The van der Waals surface area contributed by atoms with Crippen LogP contribution in [0.1, 0.15) is 31.0 Å². The molecule has 1 aromatic heterocycles. The van der Waals surface area contributed by atoms with Crippen LogP contribution in [0.3, 0.4) is 0 Å². The Morgan fingerprint density at radius 2 is 1.95 bits per heavy atom. The maximum absolute atomic E-state index is 11.4. The maximum atomic E-state index is 11.4. The third-order valence-corrected chi connectivity index (χ3v) is 3.18. The molecule has 5 heteroatoms. The van der Waals surface area contributed by atoms with Gasteiger partial charge in [0.1, 0.15) is 18.2 Å². The SMILES string of the molecule is CC(C)c1cc(N[C@@H](Cc2ccccc2)C(=O)O)ncn1. The predicted molar refractivity (Wildman–Crippen MR) is 81.3 cm³/mol. The van der Waals surface area contributed by atoms with Gasteiger partial charge < -0.3 is 10.4 Å². The summed E-state index contributed by atoms with van der Waals surface area (Å²) in [7, 11) is 0. The van der Waals surface area contributed by atoms with Crippen molar-refractivity contribution in [1.29, 1.82) is 0 Å². The first-order valence-electron chi connectivity index (χ1n) is 6.91. The molecular weight excluding hydrogens is 266 g/mol. The Kier molecular flexibility index (Phi) is 4.87. The molecule has 0 saturated heterocycles. The number of carboxylic acid groups (broad SMARTS) is 1. The Hall–Kier alpha value is -2.43. The first kappa shape index (κ1) is 15.0. The van der Waals surface area contributed by atoms with Gasteiger partial charge in [-0.05, 0) is 11.5 Å². The highest BCUT2D eigenvalue weighted by Crippen LogP contribution is 2.15. The smallest absolute Gasteiger partial charge is 0.326 e. The van der Waals surface area contributed by atoms with Crippen LogP contribution in [0.25, 0.3) is 0 Å². The van der Waals surface area contributed by atoms with Gasteiger partial charge in [0.05, 0.1) is 0 Å². The summed E-state index contributed by atoms with van der Waals surface area (Å²) < 4.78 is 0. The topological polar surface area (TPSA) is 75.1 Å². The zero-order chi connectivity index (χ0) is 15.2. The Balaban J connectivity index is 2.13. The molecule has 1 aromatic carbocycles. The predicted octanol–water partition coefficient (Wildman–Crippen LogP) is 2.71. The summed E-state index contributed by atoms with van der Waals surface area (Å²) in [6, 6.07) is 10.6. The first-order chi connectivity index (χ1) is 10.1. The second kappa shape index (κ2) is 6.83. The third kappa shape index (κ3) is 4.27. The minimum Gasteiger partial charge on any atom is -0.480 e. The van der Waals surface area contributed by atoms with Crippen molar-refractivity contribution in [3.63, 3.8) is 0 Å². The van der Waals surface area contributed by atoms with Gasteiger partial charge in [0.25, 0.3) is 0 Å². The average Bonchev–Trinajstić information content (AvgIpc) is 2.48. The van der Waals surface area contributed by atoms with Crippen molar-refractivity contribution in [3.8, 4) is 0 Å². The molecule has 0 spiro atoms. The lowest BCUT2D eigenvalue weighted by molar-refractivity contribution is -0.137. The molecule has 5 nitrogen and oxygen atoms in total. The van der Waals surface area contributed by atoms with Gasteiger partial charge in [-0.2, -0.15) is 0 Å². The Labute approximate surface area is 124 Å². The molecule has 1 atom stereocenters. The van der Waals surface area contributed by atoms with E-state index in [2.05, 4.69) is 15.3 Å². The second-order valence-corrected chi connectivity index (χ2v) is 5.21. The summed E-state index contributed by atoms with van der Waals surface area (Å²) in [5.74, 6) is -0.0912. The van der Waals surface area contributed by atoms with E-state index in [0.717, 1.165) is 11.3 Å². The molecule has 21 heavy (non-hydrogen) atoms. The number of carbonyl (C=O) groups is 1. The number of hydrogen-bond acceptors (Lipinski definition) is 4. The van der Waals surface area contributed by atoms with E-state index in [0.29, 0.717) is 12.2 Å². The van der Waals surface area contributed by atoms with Crippen LogP contribution in [-0.2, 0) is 11.2 Å². The van der Waals surface area contributed by atoms with E-state index in [-0.39, 0.29) is 5.92 Å². The lowest BCUT2D eigenvalue weighted by atomic mass is 10.1. The molecule has 2 rings (SSSR count). The van der Waals surface area contributed by atoms with Crippen LogP contribution in [0.15, 0.2) is 42.7 Å². The van der Waals surface area contributed by atoms with Gasteiger partial charge in [-0.15, -0.1) is 0 Å². The van der Waals surface area contributed by atoms with Crippen molar-refractivity contribution in [2.75, 3.05) is 5.32 Å².